The molecule has 7 heteroatoms. The summed E-state index contributed by atoms with van der Waals surface area (Å²) in [5.74, 6) is 1.24. The molecule has 7 nitrogen and oxygen atoms in total. The predicted octanol–water partition coefficient (Wildman–Crippen LogP) is 2.95. The fourth-order valence-electron chi connectivity index (χ4n) is 3.71. The second-order valence-electron chi connectivity index (χ2n) is 7.46. The second-order valence-corrected chi connectivity index (χ2v) is 7.46. The highest BCUT2D eigenvalue weighted by atomic mass is 16.5. The molecule has 0 radical (unpaired) electrons. The fraction of sp³-hybridized carbons (Fsp3) is 0.318. The lowest BCUT2D eigenvalue weighted by Gasteiger charge is -2.16. The molecule has 1 saturated carbocycles. The third-order valence-electron chi connectivity index (χ3n) is 5.24. The number of carbonyl (C=O) groups excluding carboxylic acids is 1. The van der Waals surface area contributed by atoms with Crippen LogP contribution in [-0.2, 0) is 6.54 Å². The van der Waals surface area contributed by atoms with Gasteiger partial charge in [-0.3, -0.25) is 9.48 Å². The van der Waals surface area contributed by atoms with Gasteiger partial charge in [0.25, 0.3) is 5.91 Å². The zero-order valence-corrected chi connectivity index (χ0v) is 16.2. The van der Waals surface area contributed by atoms with E-state index in [1.807, 2.05) is 36.0 Å². The molecule has 1 aromatic carbocycles. The van der Waals surface area contributed by atoms with Gasteiger partial charge >= 0.3 is 0 Å². The number of aliphatic hydroxyl groups excluding tert-OH is 1. The summed E-state index contributed by atoms with van der Waals surface area (Å²) in [6.45, 7) is 2.67. The Morgan fingerprint density at radius 2 is 2.03 bits per heavy atom. The van der Waals surface area contributed by atoms with Crippen molar-refractivity contribution < 1.29 is 14.6 Å². The summed E-state index contributed by atoms with van der Waals surface area (Å²) >= 11 is 0. The number of aliphatic hydroxyl groups is 1. The number of benzene rings is 1. The Morgan fingerprint density at radius 3 is 2.76 bits per heavy atom. The van der Waals surface area contributed by atoms with E-state index in [9.17, 15) is 9.90 Å². The fourth-order valence-corrected chi connectivity index (χ4v) is 3.71. The van der Waals surface area contributed by atoms with Gasteiger partial charge in [-0.1, -0.05) is 6.07 Å². The van der Waals surface area contributed by atoms with Crippen molar-refractivity contribution in [1.29, 1.82) is 0 Å². The van der Waals surface area contributed by atoms with Crippen molar-refractivity contribution in [3.8, 4) is 11.6 Å². The number of ether oxygens (including phenoxy) is 1. The van der Waals surface area contributed by atoms with Gasteiger partial charge in [-0.15, -0.1) is 0 Å². The average molecular weight is 392 g/mol. The largest absolute Gasteiger partial charge is 0.439 e. The number of amides is 1. The maximum atomic E-state index is 12.6. The molecule has 0 saturated heterocycles. The molecule has 3 aromatic rings. The molecular weight excluding hydrogens is 368 g/mol. The molecule has 3 atom stereocenters. The zero-order chi connectivity index (χ0) is 20.2. The SMILES string of the molecule is Cc1cccnc1Oc1ccc(C(=O)N[C@@H]2CC(Cn3cccn3)C[C@H]2O)cc1. The van der Waals surface area contributed by atoms with E-state index in [0.717, 1.165) is 18.5 Å². The van der Waals surface area contributed by atoms with E-state index >= 15 is 0 Å². The van der Waals surface area contributed by atoms with Crippen molar-refractivity contribution in [3.63, 3.8) is 0 Å². The molecule has 1 aliphatic rings. The number of hydrogen-bond acceptors (Lipinski definition) is 5. The Morgan fingerprint density at radius 1 is 1.21 bits per heavy atom. The van der Waals surface area contributed by atoms with Crippen molar-refractivity contribution in [2.24, 2.45) is 5.92 Å². The van der Waals surface area contributed by atoms with Crippen LogP contribution < -0.4 is 10.1 Å². The number of hydrogen-bond donors (Lipinski definition) is 2. The maximum absolute atomic E-state index is 12.6. The van der Waals surface area contributed by atoms with Crippen molar-refractivity contribution in [3.05, 3.63) is 72.2 Å². The van der Waals surface area contributed by atoms with E-state index in [-0.39, 0.29) is 17.9 Å². The van der Waals surface area contributed by atoms with Gasteiger partial charge in [-0.2, -0.15) is 5.10 Å². The van der Waals surface area contributed by atoms with Crippen molar-refractivity contribution in [2.45, 2.75) is 38.5 Å². The number of nitrogens with zero attached hydrogens (tertiary/aromatic N) is 3. The van der Waals surface area contributed by atoms with Crippen LogP contribution in [0.2, 0.25) is 0 Å². The van der Waals surface area contributed by atoms with Gasteiger partial charge in [-0.05, 0) is 62.1 Å². The summed E-state index contributed by atoms with van der Waals surface area (Å²) in [5, 5.41) is 17.5. The first-order valence-electron chi connectivity index (χ1n) is 9.74. The number of carbonyl (C=O) groups is 1. The third-order valence-corrected chi connectivity index (χ3v) is 5.24. The van der Waals surface area contributed by atoms with Gasteiger partial charge in [0.2, 0.25) is 5.88 Å². The van der Waals surface area contributed by atoms with Gasteiger partial charge in [0.15, 0.2) is 0 Å². The van der Waals surface area contributed by atoms with Crippen LogP contribution in [0.5, 0.6) is 11.6 Å². The first kappa shape index (κ1) is 19.1. The molecule has 1 fully saturated rings. The number of pyridine rings is 1. The molecule has 2 heterocycles. The monoisotopic (exact) mass is 392 g/mol. The summed E-state index contributed by atoms with van der Waals surface area (Å²) in [6, 6.07) is 12.3. The first-order valence-corrected chi connectivity index (χ1v) is 9.74. The Labute approximate surface area is 169 Å². The van der Waals surface area contributed by atoms with E-state index in [2.05, 4.69) is 15.4 Å². The van der Waals surface area contributed by atoms with Crippen LogP contribution in [0, 0.1) is 12.8 Å². The van der Waals surface area contributed by atoms with E-state index in [1.54, 1.807) is 36.7 Å². The van der Waals surface area contributed by atoms with Crippen LogP contribution in [0.4, 0.5) is 0 Å². The minimum absolute atomic E-state index is 0.200. The van der Waals surface area contributed by atoms with Crippen LogP contribution in [0.3, 0.4) is 0 Å². The first-order chi connectivity index (χ1) is 14.1. The van der Waals surface area contributed by atoms with Crippen molar-refractivity contribution in [2.75, 3.05) is 0 Å². The Kier molecular flexibility index (Phi) is 5.57. The summed E-state index contributed by atoms with van der Waals surface area (Å²) in [5.41, 5.74) is 1.46. The molecule has 1 aliphatic carbocycles. The molecule has 4 rings (SSSR count). The maximum Gasteiger partial charge on any atom is 0.251 e. The molecule has 29 heavy (non-hydrogen) atoms. The van der Waals surface area contributed by atoms with Gasteiger partial charge in [0, 0.05) is 36.3 Å². The number of nitrogens with one attached hydrogen (secondary N) is 1. The predicted molar refractivity (Wildman–Crippen MR) is 108 cm³/mol. The lowest BCUT2D eigenvalue weighted by Crippen LogP contribution is -2.39. The molecule has 0 aliphatic heterocycles. The Balaban J connectivity index is 1.34. The highest BCUT2D eigenvalue weighted by Gasteiger charge is 2.34. The summed E-state index contributed by atoms with van der Waals surface area (Å²) < 4.78 is 7.63. The van der Waals surface area contributed by atoms with Crippen LogP contribution >= 0.6 is 0 Å². The highest BCUT2D eigenvalue weighted by molar-refractivity contribution is 5.94. The Hall–Kier alpha value is -3.19. The van der Waals surface area contributed by atoms with Crippen LogP contribution in [-0.4, -0.2) is 37.9 Å². The lowest BCUT2D eigenvalue weighted by atomic mass is 10.1. The van der Waals surface area contributed by atoms with E-state index in [4.69, 9.17) is 4.74 Å². The van der Waals surface area contributed by atoms with Gasteiger partial charge in [-0.25, -0.2) is 4.98 Å². The zero-order valence-electron chi connectivity index (χ0n) is 16.2. The summed E-state index contributed by atoms with van der Waals surface area (Å²) in [4.78, 5) is 16.8. The van der Waals surface area contributed by atoms with E-state index in [1.165, 1.54) is 0 Å². The van der Waals surface area contributed by atoms with Crippen molar-refractivity contribution >= 4 is 5.91 Å². The molecular formula is C22H24N4O3. The third kappa shape index (κ3) is 4.63. The standard InChI is InChI=1S/C22H24N4O3/c1-15-4-2-9-23-22(15)29-18-7-5-17(6-8-18)21(28)25-19-12-16(13-20(19)27)14-26-11-3-10-24-26/h2-11,16,19-20,27H,12-14H2,1H3,(H,25,28)/t16?,19-,20-/m1/s1. The molecule has 1 amide bonds. The minimum Gasteiger partial charge on any atom is -0.439 e. The highest BCUT2D eigenvalue weighted by Crippen LogP contribution is 2.28. The number of rotatable bonds is 6. The van der Waals surface area contributed by atoms with Crippen LogP contribution in [0.15, 0.2) is 61.1 Å². The lowest BCUT2D eigenvalue weighted by molar-refractivity contribution is 0.0872. The van der Waals surface area contributed by atoms with Crippen LogP contribution in [0.25, 0.3) is 0 Å². The Bertz CT molecular complexity index is 956. The topological polar surface area (TPSA) is 89.3 Å². The van der Waals surface area contributed by atoms with Gasteiger partial charge in [0.1, 0.15) is 5.75 Å². The second kappa shape index (κ2) is 8.45. The number of aromatic nitrogens is 3. The van der Waals surface area contributed by atoms with Gasteiger partial charge in [0.05, 0.1) is 12.1 Å². The van der Waals surface area contributed by atoms with Crippen LogP contribution in [0.1, 0.15) is 28.8 Å². The summed E-state index contributed by atoms with van der Waals surface area (Å²) in [7, 11) is 0. The smallest absolute Gasteiger partial charge is 0.251 e. The van der Waals surface area contributed by atoms with E-state index in [0.29, 0.717) is 23.6 Å². The molecule has 1 unspecified atom stereocenters. The quantitative estimate of drug-likeness (QED) is 0.673. The molecule has 0 spiro atoms. The molecule has 2 N–H and O–H groups in total. The molecule has 0 bridgehead atoms. The van der Waals surface area contributed by atoms with Crippen molar-refractivity contribution in [1.82, 2.24) is 20.1 Å². The number of aryl methyl sites for hydroxylation is 1. The van der Waals surface area contributed by atoms with Gasteiger partial charge < -0.3 is 15.2 Å². The normalized spacial score (nSPS) is 21.1. The average Bonchev–Trinajstić information content (AvgIpc) is 3.34. The molecule has 150 valence electrons. The molecule has 2 aromatic heterocycles. The summed E-state index contributed by atoms with van der Waals surface area (Å²) in [6.07, 6.45) is 6.17. The minimum atomic E-state index is -0.547. The van der Waals surface area contributed by atoms with E-state index < -0.39 is 6.10 Å².